The van der Waals surface area contributed by atoms with E-state index in [1.165, 1.54) is 0 Å². The van der Waals surface area contributed by atoms with Crippen LogP contribution < -0.4 is 10.5 Å². The van der Waals surface area contributed by atoms with Crippen LogP contribution in [0.15, 0.2) is 12.1 Å². The number of halogens is 3. The smallest absolute Gasteiger partial charge is 0.314 e. The van der Waals surface area contributed by atoms with E-state index in [1.54, 1.807) is 0 Å². The van der Waals surface area contributed by atoms with E-state index in [2.05, 4.69) is 4.74 Å². The molecule has 102 valence electrons. The van der Waals surface area contributed by atoms with Crippen molar-refractivity contribution in [2.75, 3.05) is 7.11 Å². The quantitative estimate of drug-likeness (QED) is 0.651. The second-order valence-corrected chi connectivity index (χ2v) is 3.21. The van der Waals surface area contributed by atoms with Crippen molar-refractivity contribution in [3.63, 3.8) is 0 Å². The second-order valence-electron chi connectivity index (χ2n) is 3.21. The lowest BCUT2D eigenvalue weighted by molar-refractivity contribution is -0.386. The Morgan fingerprint density at radius 3 is 2.44 bits per heavy atom. The molecule has 9 heteroatoms. The van der Waals surface area contributed by atoms with Crippen LogP contribution in [0.1, 0.15) is 11.6 Å². The maximum atomic E-state index is 12.4. The molecule has 0 fully saturated rings. The van der Waals surface area contributed by atoms with Crippen LogP contribution in [0.4, 0.5) is 14.5 Å². The summed E-state index contributed by atoms with van der Waals surface area (Å²) in [6.45, 7) is 0. The topological polar surface area (TPSA) is 98.6 Å². The Balaban J connectivity index is 0.00000289. The predicted octanol–water partition coefficient (Wildman–Crippen LogP) is 2.00. The Morgan fingerprint density at radius 1 is 1.50 bits per heavy atom. The monoisotopic (exact) mass is 284 g/mol. The first-order valence-electron chi connectivity index (χ1n) is 4.47. The number of benzene rings is 1. The van der Waals surface area contributed by atoms with Gasteiger partial charge in [-0.15, -0.1) is 12.4 Å². The molecule has 0 aliphatic heterocycles. The Bertz CT molecular complexity index is 445. The van der Waals surface area contributed by atoms with E-state index in [-0.39, 0.29) is 23.7 Å². The van der Waals surface area contributed by atoms with Crippen molar-refractivity contribution >= 4 is 18.1 Å². The van der Waals surface area contributed by atoms with Crippen LogP contribution in [0.25, 0.3) is 0 Å². The van der Waals surface area contributed by atoms with Gasteiger partial charge < -0.3 is 15.6 Å². The third-order valence-corrected chi connectivity index (χ3v) is 2.15. The third kappa shape index (κ3) is 3.17. The normalized spacial score (nSPS) is 11.8. The van der Waals surface area contributed by atoms with Crippen LogP contribution in [-0.2, 0) is 0 Å². The van der Waals surface area contributed by atoms with Crippen LogP contribution >= 0.6 is 12.4 Å². The number of phenols is 1. The van der Waals surface area contributed by atoms with Gasteiger partial charge in [0.1, 0.15) is 0 Å². The minimum Gasteiger partial charge on any atom is -0.500 e. The van der Waals surface area contributed by atoms with Crippen molar-refractivity contribution in [3.05, 3.63) is 27.8 Å². The molecule has 0 heterocycles. The standard InChI is InChI=1S/C9H10F2N2O4.ClH/c1-17-6-3-4(7(12)9(10)11)2-5(8(6)14)13(15)16;/h2-3,7,9,14H,12H2,1H3;1H/t7-;/m0./s1. The van der Waals surface area contributed by atoms with Gasteiger partial charge >= 0.3 is 5.69 Å². The Morgan fingerprint density at radius 2 is 2.06 bits per heavy atom. The van der Waals surface area contributed by atoms with Gasteiger partial charge in [0.25, 0.3) is 6.43 Å². The average molecular weight is 285 g/mol. The summed E-state index contributed by atoms with van der Waals surface area (Å²) >= 11 is 0. The number of ether oxygens (including phenoxy) is 1. The molecule has 1 aromatic carbocycles. The van der Waals surface area contributed by atoms with E-state index >= 15 is 0 Å². The molecule has 0 aromatic heterocycles. The van der Waals surface area contributed by atoms with E-state index in [0.717, 1.165) is 19.2 Å². The zero-order chi connectivity index (χ0) is 13.2. The number of phenolic OH excluding ortho intramolecular Hbond substituents is 1. The minimum absolute atomic E-state index is 0. The Hall–Kier alpha value is -1.67. The number of nitro groups is 1. The minimum atomic E-state index is -2.87. The number of nitrogens with zero attached hydrogens (tertiary/aromatic N) is 1. The fourth-order valence-corrected chi connectivity index (χ4v) is 1.25. The summed E-state index contributed by atoms with van der Waals surface area (Å²) in [6.07, 6.45) is -2.87. The van der Waals surface area contributed by atoms with Crippen molar-refractivity contribution < 1.29 is 23.5 Å². The van der Waals surface area contributed by atoms with Crippen molar-refractivity contribution in [1.29, 1.82) is 0 Å². The van der Waals surface area contributed by atoms with E-state index in [1.807, 2.05) is 0 Å². The molecule has 0 aliphatic carbocycles. The van der Waals surface area contributed by atoms with Crippen molar-refractivity contribution in [2.24, 2.45) is 5.73 Å². The summed E-state index contributed by atoms with van der Waals surface area (Å²) in [5.41, 5.74) is 4.26. The molecule has 0 bridgehead atoms. The summed E-state index contributed by atoms with van der Waals surface area (Å²) in [7, 11) is 1.15. The first-order chi connectivity index (χ1) is 7.88. The van der Waals surface area contributed by atoms with Crippen molar-refractivity contribution in [1.82, 2.24) is 0 Å². The van der Waals surface area contributed by atoms with Crippen LogP contribution in [-0.4, -0.2) is 23.6 Å². The van der Waals surface area contributed by atoms with Gasteiger partial charge in [-0.1, -0.05) is 0 Å². The zero-order valence-electron chi connectivity index (χ0n) is 9.17. The molecule has 1 rings (SSSR count). The summed E-state index contributed by atoms with van der Waals surface area (Å²) < 4.78 is 29.4. The van der Waals surface area contributed by atoms with Gasteiger partial charge in [-0.2, -0.15) is 0 Å². The second kappa shape index (κ2) is 6.31. The SMILES string of the molecule is COc1cc([C@H](N)C(F)F)cc([N+](=O)[O-])c1O.Cl. The van der Waals surface area contributed by atoms with Crippen molar-refractivity contribution in [2.45, 2.75) is 12.5 Å². The van der Waals surface area contributed by atoms with E-state index in [0.29, 0.717) is 0 Å². The lowest BCUT2D eigenvalue weighted by atomic mass is 10.1. The fraction of sp³-hybridized carbons (Fsp3) is 0.333. The highest BCUT2D eigenvalue weighted by Gasteiger charge is 2.25. The number of nitrogens with two attached hydrogens (primary N) is 1. The fourth-order valence-electron chi connectivity index (χ4n) is 1.25. The first-order valence-corrected chi connectivity index (χ1v) is 4.47. The van der Waals surface area contributed by atoms with Gasteiger partial charge in [-0.3, -0.25) is 10.1 Å². The van der Waals surface area contributed by atoms with Gasteiger partial charge in [0.2, 0.25) is 5.75 Å². The van der Waals surface area contributed by atoms with E-state index < -0.39 is 28.8 Å². The molecule has 0 radical (unpaired) electrons. The van der Waals surface area contributed by atoms with E-state index in [4.69, 9.17) is 5.73 Å². The van der Waals surface area contributed by atoms with Crippen LogP contribution in [0, 0.1) is 10.1 Å². The molecule has 1 atom stereocenters. The van der Waals surface area contributed by atoms with E-state index in [9.17, 15) is 24.0 Å². The molecule has 1 aromatic rings. The molecule has 0 unspecified atom stereocenters. The molecule has 0 saturated carbocycles. The summed E-state index contributed by atoms with van der Waals surface area (Å²) in [5, 5.41) is 20.0. The molecule has 18 heavy (non-hydrogen) atoms. The average Bonchev–Trinajstić information content (AvgIpc) is 2.27. The van der Waals surface area contributed by atoms with Gasteiger partial charge in [0, 0.05) is 6.07 Å². The number of hydrogen-bond acceptors (Lipinski definition) is 5. The molecular formula is C9H11ClF2N2O4. The molecule has 3 N–H and O–H groups in total. The number of hydrogen-bond donors (Lipinski definition) is 2. The maximum Gasteiger partial charge on any atom is 0.314 e. The molecule has 0 spiro atoms. The van der Waals surface area contributed by atoms with Gasteiger partial charge in [-0.05, 0) is 11.6 Å². The lowest BCUT2D eigenvalue weighted by Crippen LogP contribution is -2.19. The van der Waals surface area contributed by atoms with Crippen LogP contribution in [0.2, 0.25) is 0 Å². The molecule has 0 aliphatic rings. The molecule has 0 amide bonds. The van der Waals surface area contributed by atoms with Crippen LogP contribution in [0.5, 0.6) is 11.5 Å². The summed E-state index contributed by atoms with van der Waals surface area (Å²) in [4.78, 5) is 9.69. The van der Waals surface area contributed by atoms with Gasteiger partial charge in [0.05, 0.1) is 18.1 Å². The predicted molar refractivity (Wildman–Crippen MR) is 61.5 cm³/mol. The molecular weight excluding hydrogens is 274 g/mol. The molecule has 0 saturated heterocycles. The Labute approximate surface area is 107 Å². The first kappa shape index (κ1) is 16.3. The zero-order valence-corrected chi connectivity index (χ0v) is 9.99. The highest BCUT2D eigenvalue weighted by molar-refractivity contribution is 5.85. The Kier molecular flexibility index (Phi) is 5.73. The number of alkyl halides is 2. The highest BCUT2D eigenvalue weighted by Crippen LogP contribution is 2.38. The molecule has 6 nitrogen and oxygen atoms in total. The number of methoxy groups -OCH3 is 1. The third-order valence-electron chi connectivity index (χ3n) is 2.15. The number of rotatable bonds is 4. The maximum absolute atomic E-state index is 12.4. The van der Waals surface area contributed by atoms with Crippen molar-refractivity contribution in [3.8, 4) is 11.5 Å². The van der Waals surface area contributed by atoms with Crippen LogP contribution in [0.3, 0.4) is 0 Å². The largest absolute Gasteiger partial charge is 0.500 e. The van der Waals surface area contributed by atoms with Gasteiger partial charge in [0.15, 0.2) is 5.75 Å². The summed E-state index contributed by atoms with van der Waals surface area (Å²) in [5.74, 6) is -0.993. The summed E-state index contributed by atoms with van der Waals surface area (Å²) in [6, 6.07) is 0.164. The van der Waals surface area contributed by atoms with Gasteiger partial charge in [-0.25, -0.2) is 8.78 Å². The lowest BCUT2D eigenvalue weighted by Gasteiger charge is -2.12. The highest BCUT2D eigenvalue weighted by atomic mass is 35.5. The number of aromatic hydroxyl groups is 1. The number of nitro benzene ring substituents is 1.